The minimum Gasteiger partial charge on any atom is -0.266 e. The second-order valence-corrected chi connectivity index (χ2v) is 7.14. The fourth-order valence-corrected chi connectivity index (χ4v) is 3.97. The average Bonchev–Trinajstić information content (AvgIpc) is 3.19. The van der Waals surface area contributed by atoms with Gasteiger partial charge in [0.25, 0.3) is 11.1 Å². The first kappa shape index (κ1) is 14.9. The number of fused-ring (bicyclic) bond motifs is 1. The molecule has 0 radical (unpaired) electrons. The Balaban J connectivity index is 1.85. The van der Waals surface area contributed by atoms with E-state index in [0.717, 1.165) is 10.4 Å². The SMILES string of the molecule is O=c1nc2s/c(=C/c3cccs3)c(=O)n2nc1Cc1ccccc1. The van der Waals surface area contributed by atoms with E-state index in [9.17, 15) is 9.59 Å². The van der Waals surface area contributed by atoms with Crippen molar-refractivity contribution in [3.8, 4) is 0 Å². The fourth-order valence-electron chi connectivity index (χ4n) is 2.34. The van der Waals surface area contributed by atoms with E-state index in [1.54, 1.807) is 17.4 Å². The molecule has 1 aromatic carbocycles. The Hall–Kier alpha value is -2.64. The Bertz CT molecular complexity index is 1160. The van der Waals surface area contributed by atoms with Gasteiger partial charge in [-0.05, 0) is 23.1 Å². The van der Waals surface area contributed by atoms with Crippen molar-refractivity contribution >= 4 is 33.7 Å². The lowest BCUT2D eigenvalue weighted by Gasteiger charge is -1.99. The molecule has 0 aliphatic rings. The molecular weight excluding hydrogens is 342 g/mol. The van der Waals surface area contributed by atoms with Crippen molar-refractivity contribution in [2.45, 2.75) is 6.42 Å². The molecule has 0 saturated carbocycles. The fraction of sp³-hybridized carbons (Fsp3) is 0.0588. The molecule has 0 aliphatic carbocycles. The van der Waals surface area contributed by atoms with Crippen molar-refractivity contribution in [1.29, 1.82) is 0 Å². The Morgan fingerprint density at radius 2 is 1.92 bits per heavy atom. The van der Waals surface area contributed by atoms with Gasteiger partial charge in [0.2, 0.25) is 4.96 Å². The Labute approximate surface area is 144 Å². The zero-order valence-corrected chi connectivity index (χ0v) is 14.0. The number of thiazole rings is 1. The maximum atomic E-state index is 12.5. The topological polar surface area (TPSA) is 64.3 Å². The summed E-state index contributed by atoms with van der Waals surface area (Å²) in [6.45, 7) is 0. The van der Waals surface area contributed by atoms with Gasteiger partial charge >= 0.3 is 0 Å². The molecule has 0 fully saturated rings. The molecule has 118 valence electrons. The van der Waals surface area contributed by atoms with Crippen LogP contribution in [0.1, 0.15) is 16.1 Å². The molecule has 7 heteroatoms. The predicted octanol–water partition coefficient (Wildman–Crippen LogP) is 1.71. The van der Waals surface area contributed by atoms with E-state index in [4.69, 9.17) is 0 Å². The van der Waals surface area contributed by atoms with Crippen LogP contribution in [-0.4, -0.2) is 14.6 Å². The summed E-state index contributed by atoms with van der Waals surface area (Å²) in [6, 6.07) is 13.4. The van der Waals surface area contributed by atoms with Crippen LogP contribution in [0.5, 0.6) is 0 Å². The summed E-state index contributed by atoms with van der Waals surface area (Å²) in [5.74, 6) is 0. The summed E-state index contributed by atoms with van der Waals surface area (Å²) in [4.78, 5) is 30.0. The number of benzene rings is 1. The van der Waals surface area contributed by atoms with E-state index in [0.29, 0.717) is 15.9 Å². The summed E-state index contributed by atoms with van der Waals surface area (Å²) in [6.07, 6.45) is 2.16. The number of hydrogen-bond donors (Lipinski definition) is 0. The first-order valence-corrected chi connectivity index (χ1v) is 8.92. The van der Waals surface area contributed by atoms with Gasteiger partial charge < -0.3 is 0 Å². The third-order valence-electron chi connectivity index (χ3n) is 3.48. The Morgan fingerprint density at radius 3 is 2.67 bits per heavy atom. The van der Waals surface area contributed by atoms with Gasteiger partial charge in [-0.1, -0.05) is 47.7 Å². The molecule has 0 unspecified atom stereocenters. The van der Waals surface area contributed by atoms with E-state index in [1.807, 2.05) is 47.8 Å². The minimum atomic E-state index is -0.386. The molecule has 0 bridgehead atoms. The van der Waals surface area contributed by atoms with E-state index in [1.165, 1.54) is 15.9 Å². The van der Waals surface area contributed by atoms with Crippen LogP contribution in [0.25, 0.3) is 11.0 Å². The number of thiophene rings is 1. The second-order valence-electron chi connectivity index (χ2n) is 5.15. The summed E-state index contributed by atoms with van der Waals surface area (Å²) in [5, 5.41) is 6.19. The van der Waals surface area contributed by atoms with E-state index in [2.05, 4.69) is 10.1 Å². The zero-order chi connectivity index (χ0) is 16.5. The van der Waals surface area contributed by atoms with Crippen LogP contribution in [0.3, 0.4) is 0 Å². The standard InChI is InChI=1S/C17H11N3O2S2/c21-15-13(9-11-5-2-1-3-6-11)19-20-16(22)14(24-17(20)18-15)10-12-7-4-8-23-12/h1-8,10H,9H2/b14-10+. The monoisotopic (exact) mass is 353 g/mol. The first-order valence-electron chi connectivity index (χ1n) is 7.22. The van der Waals surface area contributed by atoms with Crippen LogP contribution in [0.2, 0.25) is 0 Å². The summed E-state index contributed by atoms with van der Waals surface area (Å²) in [5.41, 5.74) is 0.598. The van der Waals surface area contributed by atoms with Gasteiger partial charge in [0.05, 0.1) is 4.53 Å². The molecular formula is C17H11N3O2S2. The lowest BCUT2D eigenvalue weighted by Crippen LogP contribution is -2.27. The average molecular weight is 353 g/mol. The summed E-state index contributed by atoms with van der Waals surface area (Å²) in [7, 11) is 0. The third-order valence-corrected chi connectivity index (χ3v) is 5.26. The van der Waals surface area contributed by atoms with Crippen LogP contribution < -0.4 is 15.7 Å². The van der Waals surface area contributed by atoms with Crippen LogP contribution in [0.15, 0.2) is 57.4 Å². The lowest BCUT2D eigenvalue weighted by atomic mass is 10.1. The number of aromatic nitrogens is 3. The summed E-state index contributed by atoms with van der Waals surface area (Å²) < 4.78 is 1.75. The number of rotatable bonds is 3. The van der Waals surface area contributed by atoms with Crippen molar-refractivity contribution in [2.75, 3.05) is 0 Å². The summed E-state index contributed by atoms with van der Waals surface area (Å²) >= 11 is 2.72. The minimum absolute atomic E-state index is 0.245. The van der Waals surface area contributed by atoms with Crippen molar-refractivity contribution in [1.82, 2.24) is 14.6 Å². The molecule has 5 nitrogen and oxygen atoms in total. The highest BCUT2D eigenvalue weighted by atomic mass is 32.1. The molecule has 0 amide bonds. The maximum Gasteiger partial charge on any atom is 0.296 e. The van der Waals surface area contributed by atoms with Gasteiger partial charge in [0.1, 0.15) is 5.69 Å². The van der Waals surface area contributed by atoms with Crippen molar-refractivity contribution in [3.05, 3.63) is 89.2 Å². The highest BCUT2D eigenvalue weighted by Crippen LogP contribution is 2.09. The predicted molar refractivity (Wildman–Crippen MR) is 95.8 cm³/mol. The molecule has 3 heterocycles. The smallest absolute Gasteiger partial charge is 0.266 e. The van der Waals surface area contributed by atoms with Crippen LogP contribution in [0.4, 0.5) is 0 Å². The molecule has 0 saturated heterocycles. The highest BCUT2D eigenvalue weighted by molar-refractivity contribution is 7.15. The number of nitrogens with zero attached hydrogens (tertiary/aromatic N) is 3. The van der Waals surface area contributed by atoms with Crippen LogP contribution in [-0.2, 0) is 6.42 Å². The molecule has 0 aliphatic heterocycles. The molecule has 0 N–H and O–H groups in total. The van der Waals surface area contributed by atoms with Crippen molar-refractivity contribution in [3.63, 3.8) is 0 Å². The Morgan fingerprint density at radius 1 is 1.08 bits per heavy atom. The van der Waals surface area contributed by atoms with Gasteiger partial charge in [0, 0.05) is 11.3 Å². The van der Waals surface area contributed by atoms with Gasteiger partial charge in [-0.25, -0.2) is 0 Å². The van der Waals surface area contributed by atoms with Gasteiger partial charge in [0.15, 0.2) is 0 Å². The largest absolute Gasteiger partial charge is 0.296 e. The van der Waals surface area contributed by atoms with Crippen LogP contribution >= 0.6 is 22.7 Å². The molecule has 24 heavy (non-hydrogen) atoms. The van der Waals surface area contributed by atoms with E-state index >= 15 is 0 Å². The molecule has 4 aromatic rings. The van der Waals surface area contributed by atoms with E-state index in [-0.39, 0.29) is 16.8 Å². The molecule has 3 aromatic heterocycles. The molecule has 0 atom stereocenters. The van der Waals surface area contributed by atoms with Crippen LogP contribution in [0, 0.1) is 0 Å². The van der Waals surface area contributed by atoms with Crippen molar-refractivity contribution < 1.29 is 0 Å². The third kappa shape index (κ3) is 2.79. The quantitative estimate of drug-likeness (QED) is 0.562. The van der Waals surface area contributed by atoms with Gasteiger partial charge in [-0.2, -0.15) is 14.6 Å². The Kier molecular flexibility index (Phi) is 3.79. The lowest BCUT2D eigenvalue weighted by molar-refractivity contribution is 0.811. The maximum absolute atomic E-state index is 12.5. The second kappa shape index (κ2) is 6.10. The van der Waals surface area contributed by atoms with Gasteiger partial charge in [-0.15, -0.1) is 11.3 Å². The highest BCUT2D eigenvalue weighted by Gasteiger charge is 2.11. The molecule has 0 spiro atoms. The molecule has 4 rings (SSSR count). The number of hydrogen-bond acceptors (Lipinski definition) is 6. The normalized spacial score (nSPS) is 12.1. The zero-order valence-electron chi connectivity index (χ0n) is 12.4. The van der Waals surface area contributed by atoms with E-state index < -0.39 is 0 Å². The first-order chi connectivity index (χ1) is 11.7. The van der Waals surface area contributed by atoms with Gasteiger partial charge in [-0.3, -0.25) is 9.59 Å². The van der Waals surface area contributed by atoms with Crippen molar-refractivity contribution in [2.24, 2.45) is 0 Å².